The molecule has 0 rings (SSSR count). The van der Waals surface area contributed by atoms with Crippen LogP contribution < -0.4 is 11.5 Å². The van der Waals surface area contributed by atoms with Gasteiger partial charge >= 0.3 is 0 Å². The second-order valence-electron chi connectivity index (χ2n) is 6.03. The van der Waals surface area contributed by atoms with Crippen LogP contribution in [-0.2, 0) is 4.74 Å². The van der Waals surface area contributed by atoms with Gasteiger partial charge < -0.3 is 21.3 Å². The molecule has 0 aliphatic rings. The Balaban J connectivity index is 4.24. The van der Waals surface area contributed by atoms with Gasteiger partial charge in [0.2, 0.25) is 0 Å². The monoisotopic (exact) mass is 246 g/mol. The van der Waals surface area contributed by atoms with E-state index in [0.29, 0.717) is 13.2 Å². The summed E-state index contributed by atoms with van der Waals surface area (Å²) in [6.07, 6.45) is 1.62. The minimum atomic E-state index is -0.708. The molecule has 104 valence electrons. The van der Waals surface area contributed by atoms with E-state index < -0.39 is 5.60 Å². The van der Waals surface area contributed by atoms with E-state index in [1.165, 1.54) is 0 Å². The number of hydrogen-bond donors (Lipinski definition) is 3. The predicted molar refractivity (Wildman–Crippen MR) is 71.8 cm³/mol. The van der Waals surface area contributed by atoms with Crippen LogP contribution in [0.1, 0.15) is 47.5 Å². The molecule has 0 aromatic rings. The van der Waals surface area contributed by atoms with Crippen molar-refractivity contribution in [3.8, 4) is 0 Å². The molecular formula is C13H30N2O2. The Labute approximate surface area is 106 Å². The lowest BCUT2D eigenvalue weighted by Crippen LogP contribution is -2.41. The van der Waals surface area contributed by atoms with Gasteiger partial charge in [-0.3, -0.25) is 0 Å². The van der Waals surface area contributed by atoms with Gasteiger partial charge in [0.15, 0.2) is 0 Å². The highest BCUT2D eigenvalue weighted by atomic mass is 16.5. The molecule has 5 N–H and O–H groups in total. The molecule has 0 saturated carbocycles. The van der Waals surface area contributed by atoms with Gasteiger partial charge in [-0.2, -0.15) is 0 Å². The number of rotatable bonds is 8. The van der Waals surface area contributed by atoms with E-state index in [2.05, 4.69) is 6.92 Å². The summed E-state index contributed by atoms with van der Waals surface area (Å²) in [5.41, 5.74) is 10.3. The van der Waals surface area contributed by atoms with Crippen molar-refractivity contribution in [2.24, 2.45) is 17.4 Å². The average molecular weight is 246 g/mol. The van der Waals surface area contributed by atoms with E-state index in [0.717, 1.165) is 12.8 Å². The summed E-state index contributed by atoms with van der Waals surface area (Å²) >= 11 is 0. The molecule has 0 spiro atoms. The molecule has 0 radical (unpaired) electrons. The maximum Gasteiger partial charge on any atom is 0.0641 e. The summed E-state index contributed by atoms with van der Waals surface area (Å²) in [5, 5.41) is 9.98. The first-order chi connectivity index (χ1) is 7.62. The molecule has 2 unspecified atom stereocenters. The Kier molecular flexibility index (Phi) is 6.62. The zero-order chi connectivity index (χ0) is 13.7. The number of ether oxygens (including phenoxy) is 1. The van der Waals surface area contributed by atoms with Crippen molar-refractivity contribution < 1.29 is 9.84 Å². The van der Waals surface area contributed by atoms with Crippen LogP contribution in [0.3, 0.4) is 0 Å². The van der Waals surface area contributed by atoms with Crippen LogP contribution in [-0.4, -0.2) is 35.5 Å². The third-order valence-corrected chi connectivity index (χ3v) is 3.22. The van der Waals surface area contributed by atoms with Crippen molar-refractivity contribution in [2.45, 2.75) is 64.7 Å². The van der Waals surface area contributed by atoms with E-state index in [-0.39, 0.29) is 17.6 Å². The largest absolute Gasteiger partial charge is 0.390 e. The van der Waals surface area contributed by atoms with Crippen LogP contribution in [0.4, 0.5) is 0 Å². The molecule has 0 saturated heterocycles. The minimum Gasteiger partial charge on any atom is -0.390 e. The second-order valence-corrected chi connectivity index (χ2v) is 6.03. The van der Waals surface area contributed by atoms with Gasteiger partial charge in [-0.1, -0.05) is 6.92 Å². The number of nitrogens with two attached hydrogens (primary N) is 2. The fourth-order valence-corrected chi connectivity index (χ4v) is 1.92. The van der Waals surface area contributed by atoms with Crippen molar-refractivity contribution >= 4 is 0 Å². The molecule has 0 aliphatic heterocycles. The number of hydrogen-bond acceptors (Lipinski definition) is 4. The molecule has 0 fully saturated rings. The van der Waals surface area contributed by atoms with Crippen LogP contribution in [0.25, 0.3) is 0 Å². The van der Waals surface area contributed by atoms with E-state index in [4.69, 9.17) is 16.2 Å². The van der Waals surface area contributed by atoms with Crippen LogP contribution in [0.5, 0.6) is 0 Å². The Bertz CT molecular complexity index is 212. The van der Waals surface area contributed by atoms with Gasteiger partial charge in [-0.15, -0.1) is 0 Å². The summed E-state index contributed by atoms with van der Waals surface area (Å²) in [5.74, 6) is 0.135. The van der Waals surface area contributed by atoms with Gasteiger partial charge in [-0.05, 0) is 40.5 Å². The fourth-order valence-electron chi connectivity index (χ4n) is 1.92. The van der Waals surface area contributed by atoms with Crippen molar-refractivity contribution in [1.82, 2.24) is 0 Å². The Morgan fingerprint density at radius 1 is 1.24 bits per heavy atom. The third kappa shape index (κ3) is 6.99. The Morgan fingerprint density at radius 3 is 2.12 bits per heavy atom. The first-order valence-corrected chi connectivity index (χ1v) is 6.44. The fraction of sp³-hybridized carbons (Fsp3) is 1.00. The zero-order valence-electron chi connectivity index (χ0n) is 12.0. The Hall–Kier alpha value is -0.160. The normalized spacial score (nSPS) is 16.9. The second kappa shape index (κ2) is 6.69. The maximum absolute atomic E-state index is 9.98. The standard InChI is InChI=1S/C13H30N2O2/c1-6-10(13(4,5)16)9-17-12(2,3)7-11(15)8-14/h10-11,16H,6-9,14-15H2,1-5H3. The van der Waals surface area contributed by atoms with Crippen LogP contribution in [0.2, 0.25) is 0 Å². The predicted octanol–water partition coefficient (Wildman–Crippen LogP) is 1.25. The van der Waals surface area contributed by atoms with Crippen molar-refractivity contribution in [2.75, 3.05) is 13.2 Å². The van der Waals surface area contributed by atoms with Crippen molar-refractivity contribution in [3.63, 3.8) is 0 Å². The summed E-state index contributed by atoms with van der Waals surface area (Å²) < 4.78 is 5.89. The van der Waals surface area contributed by atoms with Gasteiger partial charge in [0.1, 0.15) is 0 Å². The Morgan fingerprint density at radius 2 is 1.76 bits per heavy atom. The zero-order valence-corrected chi connectivity index (χ0v) is 12.0. The van der Waals surface area contributed by atoms with Gasteiger partial charge in [0, 0.05) is 18.5 Å². The molecule has 0 aliphatic carbocycles. The SMILES string of the molecule is CCC(COC(C)(C)CC(N)CN)C(C)(C)O. The first kappa shape index (κ1) is 16.8. The van der Waals surface area contributed by atoms with Gasteiger partial charge in [0.05, 0.1) is 17.8 Å². The van der Waals surface area contributed by atoms with Crippen LogP contribution in [0, 0.1) is 5.92 Å². The van der Waals surface area contributed by atoms with Crippen LogP contribution in [0.15, 0.2) is 0 Å². The van der Waals surface area contributed by atoms with E-state index in [1.54, 1.807) is 0 Å². The molecule has 17 heavy (non-hydrogen) atoms. The number of aliphatic hydroxyl groups is 1. The van der Waals surface area contributed by atoms with Crippen LogP contribution >= 0.6 is 0 Å². The summed E-state index contributed by atoms with van der Waals surface area (Å²) in [7, 11) is 0. The average Bonchev–Trinajstić information content (AvgIpc) is 2.15. The topological polar surface area (TPSA) is 81.5 Å². The molecule has 0 bridgehead atoms. The van der Waals surface area contributed by atoms with Gasteiger partial charge in [0.25, 0.3) is 0 Å². The summed E-state index contributed by atoms with van der Waals surface area (Å²) in [6, 6.07) is -0.0350. The summed E-state index contributed by atoms with van der Waals surface area (Å²) in [4.78, 5) is 0. The molecule has 4 heteroatoms. The maximum atomic E-state index is 9.98. The molecule has 0 amide bonds. The van der Waals surface area contributed by atoms with Gasteiger partial charge in [-0.25, -0.2) is 0 Å². The highest BCUT2D eigenvalue weighted by Gasteiger charge is 2.29. The lowest BCUT2D eigenvalue weighted by Gasteiger charge is -2.34. The smallest absolute Gasteiger partial charge is 0.0641 e. The van der Waals surface area contributed by atoms with E-state index in [1.807, 2.05) is 27.7 Å². The lowest BCUT2D eigenvalue weighted by molar-refractivity contribution is -0.0875. The third-order valence-electron chi connectivity index (χ3n) is 3.22. The highest BCUT2D eigenvalue weighted by molar-refractivity contribution is 4.80. The van der Waals surface area contributed by atoms with E-state index in [9.17, 15) is 5.11 Å². The quantitative estimate of drug-likeness (QED) is 0.602. The van der Waals surface area contributed by atoms with Crippen molar-refractivity contribution in [3.05, 3.63) is 0 Å². The molecule has 0 aromatic heterocycles. The highest BCUT2D eigenvalue weighted by Crippen LogP contribution is 2.24. The molecule has 0 aromatic carbocycles. The molecule has 0 heterocycles. The van der Waals surface area contributed by atoms with Crippen molar-refractivity contribution in [1.29, 1.82) is 0 Å². The molecule has 2 atom stereocenters. The molecule has 4 nitrogen and oxygen atoms in total. The minimum absolute atomic E-state index is 0.0350. The lowest BCUT2D eigenvalue weighted by atomic mass is 9.89. The van der Waals surface area contributed by atoms with E-state index >= 15 is 0 Å². The molecular weight excluding hydrogens is 216 g/mol. The summed E-state index contributed by atoms with van der Waals surface area (Å²) in [6.45, 7) is 10.7. The first-order valence-electron chi connectivity index (χ1n) is 6.44.